The Morgan fingerprint density at radius 3 is 2.25 bits per heavy atom. The molecule has 1 fully saturated rings. The summed E-state index contributed by atoms with van der Waals surface area (Å²) in [5.74, 6) is 0. The summed E-state index contributed by atoms with van der Waals surface area (Å²) in [7, 11) is -1.37. The molecule has 1 rings (SSSR count). The molecule has 0 saturated carbocycles. The molecule has 0 unspecified atom stereocenters. The second-order valence-electron chi connectivity index (χ2n) is 4.17. The Kier molecular flexibility index (Phi) is 6.26. The van der Waals surface area contributed by atoms with E-state index in [-0.39, 0.29) is 0 Å². The van der Waals surface area contributed by atoms with Gasteiger partial charge in [-0.1, -0.05) is 12.8 Å². The largest absolute Gasteiger partial charge is 0.320 e. The van der Waals surface area contributed by atoms with Gasteiger partial charge in [0, 0.05) is 19.6 Å². The molecule has 0 atom stereocenters. The van der Waals surface area contributed by atoms with Gasteiger partial charge in [-0.25, -0.2) is 4.72 Å². The normalized spacial score (nSPS) is 19.6. The van der Waals surface area contributed by atoms with Gasteiger partial charge in [0.15, 0.2) is 0 Å². The minimum atomic E-state index is -3.23. The van der Waals surface area contributed by atoms with Crippen LogP contribution in [-0.4, -0.2) is 45.9 Å². The molecule has 0 bridgehead atoms. The van der Waals surface area contributed by atoms with E-state index in [4.69, 9.17) is 0 Å². The van der Waals surface area contributed by atoms with E-state index < -0.39 is 10.2 Å². The van der Waals surface area contributed by atoms with Crippen LogP contribution in [0, 0.1) is 0 Å². The molecular weight excluding hydrogens is 226 g/mol. The molecule has 0 aliphatic carbocycles. The van der Waals surface area contributed by atoms with Gasteiger partial charge in [0.1, 0.15) is 0 Å². The summed E-state index contributed by atoms with van der Waals surface area (Å²) >= 11 is 0. The minimum absolute atomic E-state index is 0.514. The summed E-state index contributed by atoms with van der Waals surface area (Å²) in [5.41, 5.74) is 0. The van der Waals surface area contributed by atoms with Crippen LogP contribution in [0.5, 0.6) is 0 Å². The van der Waals surface area contributed by atoms with Crippen molar-refractivity contribution in [2.45, 2.75) is 32.1 Å². The molecular formula is C10H23N3O2S. The van der Waals surface area contributed by atoms with Crippen LogP contribution in [0.3, 0.4) is 0 Å². The lowest BCUT2D eigenvalue weighted by Crippen LogP contribution is -2.41. The fraction of sp³-hybridized carbons (Fsp3) is 1.00. The van der Waals surface area contributed by atoms with Crippen LogP contribution in [0.2, 0.25) is 0 Å². The van der Waals surface area contributed by atoms with E-state index in [1.165, 1.54) is 0 Å². The van der Waals surface area contributed by atoms with E-state index in [1.54, 1.807) is 4.31 Å². The van der Waals surface area contributed by atoms with Crippen LogP contribution in [-0.2, 0) is 10.2 Å². The second kappa shape index (κ2) is 7.21. The zero-order valence-electron chi connectivity index (χ0n) is 10.0. The van der Waals surface area contributed by atoms with Crippen molar-refractivity contribution < 1.29 is 8.42 Å². The molecule has 1 heterocycles. The van der Waals surface area contributed by atoms with Gasteiger partial charge in [-0.2, -0.15) is 12.7 Å². The third kappa shape index (κ3) is 4.78. The van der Waals surface area contributed by atoms with Gasteiger partial charge in [0.25, 0.3) is 10.2 Å². The molecule has 16 heavy (non-hydrogen) atoms. The van der Waals surface area contributed by atoms with Gasteiger partial charge in [-0.3, -0.25) is 0 Å². The van der Waals surface area contributed by atoms with Crippen LogP contribution >= 0.6 is 0 Å². The van der Waals surface area contributed by atoms with Crippen molar-refractivity contribution in [1.29, 1.82) is 0 Å². The zero-order valence-corrected chi connectivity index (χ0v) is 10.9. The molecule has 6 heteroatoms. The Hall–Kier alpha value is -0.170. The van der Waals surface area contributed by atoms with Gasteiger partial charge in [0.2, 0.25) is 0 Å². The van der Waals surface area contributed by atoms with Crippen molar-refractivity contribution in [2.75, 3.05) is 33.2 Å². The van der Waals surface area contributed by atoms with Gasteiger partial charge >= 0.3 is 0 Å². The lowest BCUT2D eigenvalue weighted by atomic mass is 10.2. The Morgan fingerprint density at radius 2 is 1.69 bits per heavy atom. The fourth-order valence-electron chi connectivity index (χ4n) is 1.84. The third-order valence-electron chi connectivity index (χ3n) is 2.79. The van der Waals surface area contributed by atoms with Crippen molar-refractivity contribution in [3.63, 3.8) is 0 Å². The first-order chi connectivity index (χ1) is 7.67. The molecule has 0 radical (unpaired) electrons. The Balaban J connectivity index is 2.36. The van der Waals surface area contributed by atoms with Crippen LogP contribution < -0.4 is 10.0 Å². The first-order valence-corrected chi connectivity index (χ1v) is 7.50. The van der Waals surface area contributed by atoms with E-state index in [0.717, 1.165) is 38.6 Å². The maximum Gasteiger partial charge on any atom is 0.279 e. The quantitative estimate of drug-likeness (QED) is 0.666. The summed E-state index contributed by atoms with van der Waals surface area (Å²) in [5, 5.41) is 3.00. The second-order valence-corrected chi connectivity index (χ2v) is 5.92. The van der Waals surface area contributed by atoms with Gasteiger partial charge in [-0.15, -0.1) is 0 Å². The Labute approximate surface area is 98.8 Å². The first-order valence-electron chi connectivity index (χ1n) is 6.06. The predicted molar refractivity (Wildman–Crippen MR) is 65.5 cm³/mol. The highest BCUT2D eigenvalue weighted by molar-refractivity contribution is 7.87. The summed E-state index contributed by atoms with van der Waals surface area (Å²) in [6.45, 7) is 2.69. The van der Waals surface area contributed by atoms with Crippen LogP contribution in [0.4, 0.5) is 0 Å². The van der Waals surface area contributed by atoms with E-state index in [0.29, 0.717) is 19.6 Å². The maximum absolute atomic E-state index is 11.9. The molecule has 1 aliphatic rings. The average molecular weight is 249 g/mol. The van der Waals surface area contributed by atoms with Crippen molar-refractivity contribution in [3.05, 3.63) is 0 Å². The van der Waals surface area contributed by atoms with Gasteiger partial charge in [0.05, 0.1) is 0 Å². The van der Waals surface area contributed by atoms with Crippen LogP contribution in [0.1, 0.15) is 32.1 Å². The maximum atomic E-state index is 11.9. The summed E-state index contributed by atoms with van der Waals surface area (Å²) < 4.78 is 28.0. The standard InChI is InChI=1S/C10H23N3O2S/c1-11-7-6-8-12-16(14,15)13-9-4-2-3-5-10-13/h11-12H,2-10H2,1H3. The molecule has 1 saturated heterocycles. The van der Waals surface area contributed by atoms with Crippen LogP contribution in [0.25, 0.3) is 0 Å². The topological polar surface area (TPSA) is 61.4 Å². The Bertz CT molecular complexity index is 272. The summed E-state index contributed by atoms with van der Waals surface area (Å²) in [4.78, 5) is 0. The van der Waals surface area contributed by atoms with E-state index >= 15 is 0 Å². The van der Waals surface area contributed by atoms with Crippen LogP contribution in [0.15, 0.2) is 0 Å². The minimum Gasteiger partial charge on any atom is -0.320 e. The smallest absolute Gasteiger partial charge is 0.279 e. The van der Waals surface area contributed by atoms with Crippen molar-refractivity contribution >= 4 is 10.2 Å². The highest BCUT2D eigenvalue weighted by atomic mass is 32.2. The molecule has 0 aromatic carbocycles. The number of nitrogens with one attached hydrogen (secondary N) is 2. The van der Waals surface area contributed by atoms with Gasteiger partial charge < -0.3 is 5.32 Å². The summed E-state index contributed by atoms with van der Waals surface area (Å²) in [6, 6.07) is 0. The number of rotatable bonds is 6. The molecule has 5 nitrogen and oxygen atoms in total. The molecule has 0 aromatic rings. The lowest BCUT2D eigenvalue weighted by Gasteiger charge is -2.20. The number of hydrogen-bond donors (Lipinski definition) is 2. The monoisotopic (exact) mass is 249 g/mol. The number of nitrogens with zero attached hydrogens (tertiary/aromatic N) is 1. The highest BCUT2D eigenvalue weighted by Gasteiger charge is 2.21. The molecule has 0 amide bonds. The first kappa shape index (κ1) is 13.9. The molecule has 0 aromatic heterocycles. The van der Waals surface area contributed by atoms with Crippen molar-refractivity contribution in [3.8, 4) is 0 Å². The van der Waals surface area contributed by atoms with E-state index in [9.17, 15) is 8.42 Å². The molecule has 1 aliphatic heterocycles. The molecule has 96 valence electrons. The predicted octanol–water partition coefficient (Wildman–Crippen LogP) is 0.306. The zero-order chi connectivity index (χ0) is 11.9. The van der Waals surface area contributed by atoms with Crippen molar-refractivity contribution in [2.24, 2.45) is 0 Å². The third-order valence-corrected chi connectivity index (χ3v) is 4.41. The average Bonchev–Trinajstić information content (AvgIpc) is 2.53. The summed E-state index contributed by atoms with van der Waals surface area (Å²) in [6.07, 6.45) is 5.08. The molecule has 2 N–H and O–H groups in total. The fourth-order valence-corrected chi connectivity index (χ4v) is 3.16. The Morgan fingerprint density at radius 1 is 1.06 bits per heavy atom. The van der Waals surface area contributed by atoms with Crippen molar-refractivity contribution in [1.82, 2.24) is 14.3 Å². The van der Waals surface area contributed by atoms with Gasteiger partial charge in [-0.05, 0) is 32.9 Å². The lowest BCUT2D eigenvalue weighted by molar-refractivity contribution is 0.414. The SMILES string of the molecule is CNCCCNS(=O)(=O)N1CCCCCC1. The van der Waals surface area contributed by atoms with E-state index in [2.05, 4.69) is 10.0 Å². The molecule has 0 spiro atoms. The highest BCUT2D eigenvalue weighted by Crippen LogP contribution is 2.12. The number of hydrogen-bond acceptors (Lipinski definition) is 3. The van der Waals surface area contributed by atoms with E-state index in [1.807, 2.05) is 7.05 Å².